The number of nitrogens with two attached hydrogens (primary N) is 1. The molecule has 0 unspecified atom stereocenters. The van der Waals surface area contributed by atoms with E-state index in [4.69, 9.17) is 15.2 Å². The van der Waals surface area contributed by atoms with Crippen LogP contribution in [0.25, 0.3) is 0 Å². The third-order valence-corrected chi connectivity index (χ3v) is 2.81. The quantitative estimate of drug-likeness (QED) is 0.416. The predicted molar refractivity (Wildman–Crippen MR) is 85.6 cm³/mol. The molecule has 0 aliphatic carbocycles. The van der Waals surface area contributed by atoms with E-state index in [9.17, 15) is 4.79 Å². The average molecular weight is 294 g/mol. The maximum Gasteiger partial charge on any atom is 0.340 e. The molecule has 0 spiro atoms. The number of nitrogen functional groups attached to an aromatic ring is 1. The Kier molecular flexibility index (Phi) is 7.61. The van der Waals surface area contributed by atoms with Crippen molar-refractivity contribution in [2.45, 2.75) is 27.2 Å². The molecule has 0 atom stereocenters. The number of carbonyl (C=O) groups excluding carboxylic acids is 1. The van der Waals surface area contributed by atoms with E-state index in [-0.39, 0.29) is 5.97 Å². The molecule has 0 heterocycles. The summed E-state index contributed by atoms with van der Waals surface area (Å²) in [6.07, 6.45) is 0.851. The molecule has 118 valence electrons. The lowest BCUT2D eigenvalue weighted by Crippen LogP contribution is -2.14. The maximum atomic E-state index is 11.9. The SMILES string of the molecule is CCOC(=O)c1cccc(N)c1NCCCOCC(C)C. The number of hydrogen-bond donors (Lipinski definition) is 2. The number of hydrogen-bond acceptors (Lipinski definition) is 5. The molecule has 0 aromatic heterocycles. The van der Waals surface area contributed by atoms with Gasteiger partial charge in [-0.25, -0.2) is 4.79 Å². The van der Waals surface area contributed by atoms with Gasteiger partial charge in [0.2, 0.25) is 0 Å². The lowest BCUT2D eigenvalue weighted by atomic mass is 10.1. The van der Waals surface area contributed by atoms with Crippen molar-refractivity contribution < 1.29 is 14.3 Å². The highest BCUT2D eigenvalue weighted by Gasteiger charge is 2.14. The number of para-hydroxylation sites is 1. The monoisotopic (exact) mass is 294 g/mol. The Labute approximate surface area is 126 Å². The fraction of sp³-hybridized carbons (Fsp3) is 0.562. The molecule has 0 aliphatic heterocycles. The van der Waals surface area contributed by atoms with E-state index in [2.05, 4.69) is 19.2 Å². The summed E-state index contributed by atoms with van der Waals surface area (Å²) < 4.78 is 10.6. The third-order valence-electron chi connectivity index (χ3n) is 2.81. The summed E-state index contributed by atoms with van der Waals surface area (Å²) in [5.74, 6) is 0.182. The van der Waals surface area contributed by atoms with Gasteiger partial charge in [-0.15, -0.1) is 0 Å². The number of rotatable bonds is 9. The first kappa shape index (κ1) is 17.3. The van der Waals surface area contributed by atoms with Crippen LogP contribution in [0.1, 0.15) is 37.6 Å². The van der Waals surface area contributed by atoms with Gasteiger partial charge in [-0.3, -0.25) is 0 Å². The van der Waals surface area contributed by atoms with Crippen molar-refractivity contribution in [2.24, 2.45) is 5.92 Å². The van der Waals surface area contributed by atoms with Gasteiger partial charge in [-0.05, 0) is 31.4 Å². The van der Waals surface area contributed by atoms with Crippen LogP contribution in [0.15, 0.2) is 18.2 Å². The van der Waals surface area contributed by atoms with Gasteiger partial charge in [0, 0.05) is 19.8 Å². The van der Waals surface area contributed by atoms with Gasteiger partial charge in [0.15, 0.2) is 0 Å². The fourth-order valence-electron chi connectivity index (χ4n) is 1.85. The van der Waals surface area contributed by atoms with E-state index in [1.54, 1.807) is 25.1 Å². The van der Waals surface area contributed by atoms with Crippen molar-refractivity contribution in [3.05, 3.63) is 23.8 Å². The minimum atomic E-state index is -0.358. The molecule has 5 heteroatoms. The summed E-state index contributed by atoms with van der Waals surface area (Å²) in [6.45, 7) is 8.51. The van der Waals surface area contributed by atoms with Crippen molar-refractivity contribution >= 4 is 17.3 Å². The highest BCUT2D eigenvalue weighted by atomic mass is 16.5. The number of anilines is 2. The highest BCUT2D eigenvalue weighted by Crippen LogP contribution is 2.24. The standard InChI is InChI=1S/C16H26N2O3/c1-4-21-16(19)13-7-5-8-14(17)15(13)18-9-6-10-20-11-12(2)3/h5,7-8,12,18H,4,6,9-11,17H2,1-3H3. The number of benzene rings is 1. The molecule has 0 amide bonds. The van der Waals surface area contributed by atoms with Gasteiger partial charge in [0.1, 0.15) is 0 Å². The summed E-state index contributed by atoms with van der Waals surface area (Å²) in [7, 11) is 0. The largest absolute Gasteiger partial charge is 0.462 e. The molecule has 0 aliphatic rings. The van der Waals surface area contributed by atoms with Crippen LogP contribution in [0.5, 0.6) is 0 Å². The van der Waals surface area contributed by atoms with Crippen molar-refractivity contribution in [1.82, 2.24) is 0 Å². The molecule has 0 fully saturated rings. The zero-order valence-electron chi connectivity index (χ0n) is 13.1. The predicted octanol–water partition coefficient (Wildman–Crippen LogP) is 2.92. The number of ether oxygens (including phenoxy) is 2. The molecule has 1 aromatic rings. The van der Waals surface area contributed by atoms with Gasteiger partial charge in [0.25, 0.3) is 0 Å². The third kappa shape index (κ3) is 6.04. The zero-order valence-corrected chi connectivity index (χ0v) is 13.1. The molecular formula is C16H26N2O3. The van der Waals surface area contributed by atoms with E-state index in [1.165, 1.54) is 0 Å². The first-order valence-corrected chi connectivity index (χ1v) is 7.43. The topological polar surface area (TPSA) is 73.6 Å². The highest BCUT2D eigenvalue weighted by molar-refractivity contribution is 5.98. The lowest BCUT2D eigenvalue weighted by Gasteiger charge is -2.14. The van der Waals surface area contributed by atoms with Gasteiger partial charge < -0.3 is 20.5 Å². The molecule has 0 saturated heterocycles. The van der Waals surface area contributed by atoms with Crippen molar-refractivity contribution in [1.29, 1.82) is 0 Å². The number of esters is 1. The molecule has 0 bridgehead atoms. The zero-order chi connectivity index (χ0) is 15.7. The molecule has 0 saturated carbocycles. The van der Waals surface area contributed by atoms with E-state index in [0.717, 1.165) is 13.0 Å². The summed E-state index contributed by atoms with van der Waals surface area (Å²) in [4.78, 5) is 11.9. The number of nitrogens with one attached hydrogen (secondary N) is 1. The summed E-state index contributed by atoms with van der Waals surface area (Å²) >= 11 is 0. The Morgan fingerprint density at radius 1 is 1.38 bits per heavy atom. The lowest BCUT2D eigenvalue weighted by molar-refractivity contribution is 0.0527. The Balaban J connectivity index is 2.52. The van der Waals surface area contributed by atoms with Crippen LogP contribution in [0.2, 0.25) is 0 Å². The van der Waals surface area contributed by atoms with Gasteiger partial charge in [-0.1, -0.05) is 19.9 Å². The molecule has 1 rings (SSSR count). The van der Waals surface area contributed by atoms with Crippen LogP contribution in [0.3, 0.4) is 0 Å². The second-order valence-electron chi connectivity index (χ2n) is 5.24. The van der Waals surface area contributed by atoms with Crippen LogP contribution in [-0.4, -0.2) is 32.3 Å². The second kappa shape index (κ2) is 9.23. The Hall–Kier alpha value is -1.75. The summed E-state index contributed by atoms with van der Waals surface area (Å²) in [6, 6.07) is 5.23. The minimum absolute atomic E-state index is 0.343. The molecule has 1 aromatic carbocycles. The van der Waals surface area contributed by atoms with Gasteiger partial charge in [-0.2, -0.15) is 0 Å². The summed E-state index contributed by atoms with van der Waals surface area (Å²) in [5.41, 5.74) is 7.59. The van der Waals surface area contributed by atoms with Crippen LogP contribution in [-0.2, 0) is 9.47 Å². The summed E-state index contributed by atoms with van der Waals surface area (Å²) in [5, 5.41) is 3.20. The van der Waals surface area contributed by atoms with E-state index in [1.807, 2.05) is 0 Å². The van der Waals surface area contributed by atoms with Crippen LogP contribution >= 0.6 is 0 Å². The van der Waals surface area contributed by atoms with E-state index in [0.29, 0.717) is 42.6 Å². The van der Waals surface area contributed by atoms with Crippen LogP contribution < -0.4 is 11.1 Å². The van der Waals surface area contributed by atoms with Gasteiger partial charge in [0.05, 0.1) is 23.5 Å². The van der Waals surface area contributed by atoms with Crippen molar-refractivity contribution in [3.8, 4) is 0 Å². The molecule has 5 nitrogen and oxygen atoms in total. The van der Waals surface area contributed by atoms with E-state index >= 15 is 0 Å². The van der Waals surface area contributed by atoms with E-state index < -0.39 is 0 Å². The van der Waals surface area contributed by atoms with Crippen molar-refractivity contribution in [2.75, 3.05) is 37.4 Å². The molecular weight excluding hydrogens is 268 g/mol. The molecule has 21 heavy (non-hydrogen) atoms. The minimum Gasteiger partial charge on any atom is -0.462 e. The maximum absolute atomic E-state index is 11.9. The normalized spacial score (nSPS) is 10.7. The average Bonchev–Trinajstić information content (AvgIpc) is 2.43. The molecule has 3 N–H and O–H groups in total. The first-order valence-electron chi connectivity index (χ1n) is 7.43. The Bertz CT molecular complexity index is 447. The second-order valence-corrected chi connectivity index (χ2v) is 5.24. The smallest absolute Gasteiger partial charge is 0.340 e. The molecule has 0 radical (unpaired) electrons. The Morgan fingerprint density at radius 2 is 2.14 bits per heavy atom. The van der Waals surface area contributed by atoms with Crippen LogP contribution in [0, 0.1) is 5.92 Å². The fourth-order valence-corrected chi connectivity index (χ4v) is 1.85. The Morgan fingerprint density at radius 3 is 2.81 bits per heavy atom. The van der Waals surface area contributed by atoms with Crippen molar-refractivity contribution in [3.63, 3.8) is 0 Å². The van der Waals surface area contributed by atoms with Crippen LogP contribution in [0.4, 0.5) is 11.4 Å². The number of carbonyl (C=O) groups is 1. The first-order chi connectivity index (χ1) is 10.1. The van der Waals surface area contributed by atoms with Gasteiger partial charge >= 0.3 is 5.97 Å².